The van der Waals surface area contributed by atoms with Crippen molar-refractivity contribution in [3.8, 4) is 17.6 Å². The molecule has 0 saturated carbocycles. The van der Waals surface area contributed by atoms with Gasteiger partial charge in [0.2, 0.25) is 0 Å². The van der Waals surface area contributed by atoms with Crippen LogP contribution in [0.1, 0.15) is 23.1 Å². The number of anilines is 2. The number of cyclic esters (lactones) is 1. The Hall–Kier alpha value is -4.41. The number of hydrogen-bond acceptors (Lipinski definition) is 10. The summed E-state index contributed by atoms with van der Waals surface area (Å²) in [4.78, 5) is 38.2. The van der Waals surface area contributed by atoms with Crippen LogP contribution in [-0.4, -0.2) is 74.1 Å². The quantitative estimate of drug-likeness (QED) is 0.264. The number of nitrogens with one attached hydrogen (secondary N) is 2. The number of pyridine rings is 1. The van der Waals surface area contributed by atoms with Crippen LogP contribution in [0.5, 0.6) is 11.5 Å². The lowest BCUT2D eigenvalue weighted by Gasteiger charge is -2.19. The van der Waals surface area contributed by atoms with Gasteiger partial charge in [0.15, 0.2) is 18.2 Å². The highest BCUT2D eigenvalue weighted by molar-refractivity contribution is 5.95. The maximum absolute atomic E-state index is 12.4. The molecule has 13 nitrogen and oxygen atoms in total. The second kappa shape index (κ2) is 12.9. The maximum Gasteiger partial charge on any atom is 0.415 e. The number of hydrogen-bond donors (Lipinski definition) is 4. The fourth-order valence-electron chi connectivity index (χ4n) is 4.85. The van der Waals surface area contributed by atoms with E-state index >= 15 is 0 Å². The Kier molecular flexibility index (Phi) is 9.14. The summed E-state index contributed by atoms with van der Waals surface area (Å²) < 4.78 is 16.5. The van der Waals surface area contributed by atoms with Gasteiger partial charge in [-0.25, -0.2) is 9.78 Å². The van der Waals surface area contributed by atoms with Gasteiger partial charge in [-0.2, -0.15) is 5.26 Å². The van der Waals surface area contributed by atoms with Gasteiger partial charge in [0, 0.05) is 6.54 Å². The highest BCUT2D eigenvalue weighted by Gasteiger charge is 2.34. The molecule has 0 bridgehead atoms. The van der Waals surface area contributed by atoms with Crippen molar-refractivity contribution in [3.63, 3.8) is 0 Å². The Labute approximate surface area is 224 Å². The first-order valence-electron chi connectivity index (χ1n) is 12.6. The summed E-state index contributed by atoms with van der Waals surface area (Å²) in [6.45, 7) is 2.36. The van der Waals surface area contributed by atoms with Gasteiger partial charge in [0.05, 0.1) is 12.1 Å². The van der Waals surface area contributed by atoms with E-state index in [1.54, 1.807) is 12.1 Å². The molecule has 2 aromatic rings. The fourth-order valence-corrected chi connectivity index (χ4v) is 4.85. The van der Waals surface area contributed by atoms with Gasteiger partial charge in [-0.1, -0.05) is 6.07 Å². The molecule has 0 radical (unpaired) electrons. The van der Waals surface area contributed by atoms with Crippen LogP contribution in [0.4, 0.5) is 16.4 Å². The first-order valence-corrected chi connectivity index (χ1v) is 12.6. The molecule has 39 heavy (non-hydrogen) atoms. The highest BCUT2D eigenvalue weighted by atomic mass is 16.6. The lowest BCUT2D eigenvalue weighted by atomic mass is 10.0. The molecular formula is C26H30N6O7. The zero-order valence-electron chi connectivity index (χ0n) is 21.2. The van der Waals surface area contributed by atoms with Gasteiger partial charge in [-0.3, -0.25) is 14.5 Å². The van der Waals surface area contributed by atoms with Gasteiger partial charge in [-0.05, 0) is 67.6 Å². The van der Waals surface area contributed by atoms with Gasteiger partial charge in [0.25, 0.3) is 12.4 Å². The monoisotopic (exact) mass is 538 g/mol. The molecule has 206 valence electrons. The van der Waals surface area contributed by atoms with Crippen molar-refractivity contribution in [2.75, 3.05) is 49.6 Å². The molecule has 2 amide bonds. The van der Waals surface area contributed by atoms with E-state index in [1.165, 1.54) is 10.5 Å². The molecule has 1 aliphatic carbocycles. The van der Waals surface area contributed by atoms with Crippen molar-refractivity contribution in [1.82, 2.24) is 10.3 Å². The molecule has 1 aromatic carbocycles. The van der Waals surface area contributed by atoms with Crippen LogP contribution in [0.25, 0.3) is 0 Å². The third-order valence-electron chi connectivity index (χ3n) is 6.55. The summed E-state index contributed by atoms with van der Waals surface area (Å²) in [7, 11) is 0. The van der Waals surface area contributed by atoms with Crippen LogP contribution in [0.3, 0.4) is 0 Å². The average Bonchev–Trinajstić information content (AvgIpc) is 3.52. The smallest absolute Gasteiger partial charge is 0.415 e. The van der Waals surface area contributed by atoms with Crippen molar-refractivity contribution in [2.45, 2.75) is 25.4 Å². The molecule has 2 unspecified atom stereocenters. The summed E-state index contributed by atoms with van der Waals surface area (Å²) >= 11 is 0. The number of amides is 2. The lowest BCUT2D eigenvalue weighted by molar-refractivity contribution is -0.123. The van der Waals surface area contributed by atoms with Crippen LogP contribution in [0.15, 0.2) is 24.3 Å². The molecular weight excluding hydrogens is 508 g/mol. The number of nitrogens with two attached hydrogens (primary N) is 1. The molecule has 5 rings (SSSR count). The molecule has 2 atom stereocenters. The van der Waals surface area contributed by atoms with Crippen molar-refractivity contribution in [1.29, 1.82) is 5.26 Å². The zero-order chi connectivity index (χ0) is 27.8. The fraction of sp³-hybridized carbons (Fsp3) is 0.423. The van der Waals surface area contributed by atoms with Crippen molar-refractivity contribution in [2.24, 2.45) is 11.7 Å². The number of nitrogens with zero attached hydrogens (tertiary/aromatic N) is 3. The van der Waals surface area contributed by atoms with Crippen LogP contribution >= 0.6 is 0 Å². The van der Waals surface area contributed by atoms with E-state index in [0.29, 0.717) is 67.3 Å². The predicted molar refractivity (Wildman–Crippen MR) is 139 cm³/mol. The number of fused-ring (bicyclic) bond motifs is 2. The minimum atomic E-state index is -0.460. The van der Waals surface area contributed by atoms with Gasteiger partial charge in [-0.15, -0.1) is 0 Å². The van der Waals surface area contributed by atoms with Crippen molar-refractivity contribution in [3.05, 3.63) is 41.0 Å². The maximum atomic E-state index is 12.4. The van der Waals surface area contributed by atoms with E-state index in [9.17, 15) is 14.9 Å². The van der Waals surface area contributed by atoms with E-state index in [0.717, 1.165) is 24.9 Å². The largest absolute Gasteiger partial charge is 0.491 e. The standard InChI is InChI=1S/C25H28N6O5.CH2O2/c26-6-8-34-20-2-1-16-9-15(10-18(16)19(20)11-27)12-28-7-5-17-13-31(25(33)36-17)22-4-3-21-24(29-22)30-23(32)14-35-21;2-1-3/h1-4,15,17,28H,5-10,12-14,26H2,(H,29,30,32);1H,(H,2,3). The van der Waals surface area contributed by atoms with Gasteiger partial charge < -0.3 is 35.7 Å². The number of carboxylic acid groups (broad SMARTS) is 1. The Morgan fingerprint density at radius 3 is 2.90 bits per heavy atom. The Morgan fingerprint density at radius 1 is 1.31 bits per heavy atom. The Bertz CT molecular complexity index is 1260. The van der Waals surface area contributed by atoms with E-state index in [2.05, 4.69) is 21.7 Å². The zero-order valence-corrected chi connectivity index (χ0v) is 21.2. The van der Waals surface area contributed by atoms with Crippen LogP contribution in [-0.2, 0) is 27.2 Å². The summed E-state index contributed by atoms with van der Waals surface area (Å²) in [5.41, 5.74) is 8.40. The second-order valence-electron chi connectivity index (χ2n) is 9.17. The minimum absolute atomic E-state index is 0.0501. The first kappa shape index (κ1) is 27.6. The Balaban J connectivity index is 0.00000112. The molecule has 1 saturated heterocycles. The number of aromatic nitrogens is 1. The number of benzene rings is 1. The number of rotatable bonds is 9. The molecule has 5 N–H and O–H groups in total. The summed E-state index contributed by atoms with van der Waals surface area (Å²) in [5, 5.41) is 22.7. The Morgan fingerprint density at radius 2 is 2.13 bits per heavy atom. The van der Waals surface area contributed by atoms with Crippen LogP contribution in [0.2, 0.25) is 0 Å². The first-order chi connectivity index (χ1) is 19.0. The normalized spacial score (nSPS) is 18.9. The van der Waals surface area contributed by atoms with Crippen LogP contribution < -0.4 is 30.7 Å². The third-order valence-corrected chi connectivity index (χ3v) is 6.55. The number of nitriles is 1. The summed E-state index contributed by atoms with van der Waals surface area (Å²) in [5.74, 6) is 1.89. The number of carbonyl (C=O) groups is 3. The molecule has 3 aliphatic rings. The van der Waals surface area contributed by atoms with Crippen LogP contribution in [0, 0.1) is 17.2 Å². The highest BCUT2D eigenvalue weighted by Crippen LogP contribution is 2.34. The van der Waals surface area contributed by atoms with Gasteiger partial charge >= 0.3 is 6.09 Å². The second-order valence-corrected chi connectivity index (χ2v) is 9.17. The molecule has 13 heteroatoms. The average molecular weight is 539 g/mol. The summed E-state index contributed by atoms with van der Waals surface area (Å²) in [6, 6.07) is 9.57. The van der Waals surface area contributed by atoms with Crippen molar-refractivity contribution >= 4 is 30.1 Å². The third kappa shape index (κ3) is 6.54. The number of ether oxygens (including phenoxy) is 3. The van der Waals surface area contributed by atoms with Gasteiger partial charge in [0.1, 0.15) is 30.3 Å². The topological polar surface area (TPSA) is 189 Å². The molecule has 1 aromatic heterocycles. The molecule has 3 heterocycles. The SMILES string of the molecule is N#Cc1c(OCCN)ccc2c1CC(CNCCC1CN(c3ccc4c(n3)NC(=O)CO4)C(=O)O1)C2.O=CO. The van der Waals surface area contributed by atoms with E-state index in [1.807, 2.05) is 12.1 Å². The van der Waals surface area contributed by atoms with E-state index in [-0.39, 0.29) is 25.1 Å². The van der Waals surface area contributed by atoms with Crippen molar-refractivity contribution < 1.29 is 33.7 Å². The molecule has 0 spiro atoms. The van der Waals surface area contributed by atoms with E-state index < -0.39 is 6.09 Å². The summed E-state index contributed by atoms with van der Waals surface area (Å²) in [6.07, 6.45) is 1.67. The lowest BCUT2D eigenvalue weighted by Crippen LogP contribution is -2.30. The minimum Gasteiger partial charge on any atom is -0.491 e. The molecule has 1 fully saturated rings. The van der Waals surface area contributed by atoms with E-state index in [4.69, 9.17) is 29.8 Å². The predicted octanol–water partition coefficient (Wildman–Crippen LogP) is 1.04. The number of carbonyl (C=O) groups excluding carboxylic acids is 2. The molecule has 2 aliphatic heterocycles.